The van der Waals surface area contributed by atoms with Gasteiger partial charge in [0.15, 0.2) is 0 Å². The fraction of sp³-hybridized carbons (Fsp3) is 0.571. The van der Waals surface area contributed by atoms with E-state index in [0.29, 0.717) is 6.10 Å². The Morgan fingerprint density at radius 3 is 3.06 bits per heavy atom. The average molecular weight is 424 g/mol. The van der Waals surface area contributed by atoms with Gasteiger partial charge in [0.05, 0.1) is 6.10 Å². The van der Waals surface area contributed by atoms with E-state index in [1.165, 1.54) is 22.0 Å². The van der Waals surface area contributed by atoms with E-state index >= 15 is 0 Å². The lowest BCUT2D eigenvalue weighted by atomic mass is 10.00. The lowest BCUT2D eigenvalue weighted by molar-refractivity contribution is 0.101. The molecule has 2 nitrogen and oxygen atoms in total. The Morgan fingerprint density at radius 1 is 1.50 bits per heavy atom. The van der Waals surface area contributed by atoms with Crippen LogP contribution in [-0.2, 0) is 4.74 Å². The molecule has 100 valence electrons. The summed E-state index contributed by atoms with van der Waals surface area (Å²) in [6, 6.07) is 6.44. The van der Waals surface area contributed by atoms with E-state index in [9.17, 15) is 0 Å². The van der Waals surface area contributed by atoms with Gasteiger partial charge in [-0.05, 0) is 78.5 Å². The van der Waals surface area contributed by atoms with Gasteiger partial charge in [0.1, 0.15) is 0 Å². The van der Waals surface area contributed by atoms with Gasteiger partial charge in [0.25, 0.3) is 0 Å². The Bertz CT molecular complexity index is 393. The number of benzene rings is 1. The second-order valence-corrected chi connectivity index (χ2v) is 6.92. The van der Waals surface area contributed by atoms with Gasteiger partial charge >= 0.3 is 0 Å². The molecule has 2 rings (SSSR count). The van der Waals surface area contributed by atoms with E-state index in [0.717, 1.165) is 30.3 Å². The van der Waals surface area contributed by atoms with Crippen LogP contribution in [0.2, 0.25) is 0 Å². The van der Waals surface area contributed by atoms with E-state index < -0.39 is 0 Å². The van der Waals surface area contributed by atoms with Gasteiger partial charge in [-0.1, -0.05) is 15.9 Å². The molecule has 1 aliphatic rings. The molecular formula is C14H19BrINO. The molecule has 1 aromatic carbocycles. The zero-order valence-electron chi connectivity index (χ0n) is 10.4. The van der Waals surface area contributed by atoms with Gasteiger partial charge < -0.3 is 10.5 Å². The molecular weight excluding hydrogens is 405 g/mol. The highest BCUT2D eigenvalue weighted by Crippen LogP contribution is 2.27. The first-order valence-electron chi connectivity index (χ1n) is 6.49. The highest BCUT2D eigenvalue weighted by atomic mass is 127. The Balaban J connectivity index is 1.83. The molecule has 18 heavy (non-hydrogen) atoms. The monoisotopic (exact) mass is 423 g/mol. The quantitative estimate of drug-likeness (QED) is 0.712. The molecule has 0 saturated carbocycles. The first-order valence-corrected chi connectivity index (χ1v) is 8.36. The molecule has 1 fully saturated rings. The van der Waals surface area contributed by atoms with E-state index in [4.69, 9.17) is 10.5 Å². The Labute approximate surface area is 131 Å². The van der Waals surface area contributed by atoms with Crippen molar-refractivity contribution in [3.63, 3.8) is 0 Å². The SMILES string of the molecule is NC(CCCC1CCCO1)c1cc(Br)ccc1I. The Morgan fingerprint density at radius 2 is 2.33 bits per heavy atom. The number of hydrogen-bond acceptors (Lipinski definition) is 2. The van der Waals surface area contributed by atoms with Crippen molar-refractivity contribution < 1.29 is 4.74 Å². The second-order valence-electron chi connectivity index (χ2n) is 4.84. The summed E-state index contributed by atoms with van der Waals surface area (Å²) in [6.45, 7) is 0.945. The van der Waals surface area contributed by atoms with Crippen LogP contribution in [0.3, 0.4) is 0 Å². The fourth-order valence-electron chi connectivity index (χ4n) is 2.39. The number of halogens is 2. The molecule has 1 aliphatic heterocycles. The van der Waals surface area contributed by atoms with Gasteiger partial charge in [-0.15, -0.1) is 0 Å². The van der Waals surface area contributed by atoms with Crippen molar-refractivity contribution in [3.8, 4) is 0 Å². The van der Waals surface area contributed by atoms with Gasteiger partial charge in [0.2, 0.25) is 0 Å². The van der Waals surface area contributed by atoms with Crippen LogP contribution >= 0.6 is 38.5 Å². The molecule has 4 heteroatoms. The molecule has 2 N–H and O–H groups in total. The minimum atomic E-state index is 0.135. The number of nitrogens with two attached hydrogens (primary N) is 1. The summed E-state index contributed by atoms with van der Waals surface area (Å²) in [5.41, 5.74) is 7.53. The summed E-state index contributed by atoms with van der Waals surface area (Å²) >= 11 is 5.86. The summed E-state index contributed by atoms with van der Waals surface area (Å²) in [5, 5.41) is 0. The number of ether oxygens (including phenoxy) is 1. The van der Waals surface area contributed by atoms with Crippen molar-refractivity contribution in [1.29, 1.82) is 0 Å². The third kappa shape index (κ3) is 4.18. The van der Waals surface area contributed by atoms with E-state index in [-0.39, 0.29) is 6.04 Å². The molecule has 2 unspecified atom stereocenters. The van der Waals surface area contributed by atoms with Crippen LogP contribution in [0.5, 0.6) is 0 Å². The van der Waals surface area contributed by atoms with Gasteiger partial charge in [-0.3, -0.25) is 0 Å². The summed E-state index contributed by atoms with van der Waals surface area (Å²) in [7, 11) is 0. The highest BCUT2D eigenvalue weighted by Gasteiger charge is 2.16. The molecule has 1 heterocycles. The maximum atomic E-state index is 6.28. The van der Waals surface area contributed by atoms with Crippen molar-refractivity contribution in [2.45, 2.75) is 44.2 Å². The van der Waals surface area contributed by atoms with E-state index in [1.54, 1.807) is 0 Å². The average Bonchev–Trinajstić information content (AvgIpc) is 2.85. The van der Waals surface area contributed by atoms with Crippen LogP contribution in [0, 0.1) is 3.57 Å². The maximum Gasteiger partial charge on any atom is 0.0576 e. The second kappa shape index (κ2) is 7.22. The van der Waals surface area contributed by atoms with Crippen molar-refractivity contribution in [1.82, 2.24) is 0 Å². The zero-order chi connectivity index (χ0) is 13.0. The molecule has 1 saturated heterocycles. The lowest BCUT2D eigenvalue weighted by Gasteiger charge is -2.15. The third-order valence-corrected chi connectivity index (χ3v) is 4.90. The van der Waals surface area contributed by atoms with Crippen LogP contribution in [-0.4, -0.2) is 12.7 Å². The molecule has 2 atom stereocenters. The Kier molecular flexibility index (Phi) is 5.92. The first kappa shape index (κ1) is 14.8. The van der Waals surface area contributed by atoms with Crippen molar-refractivity contribution in [2.24, 2.45) is 5.73 Å². The maximum absolute atomic E-state index is 6.28. The summed E-state index contributed by atoms with van der Waals surface area (Å²) < 4.78 is 7.99. The van der Waals surface area contributed by atoms with Crippen LogP contribution in [0.4, 0.5) is 0 Å². The topological polar surface area (TPSA) is 35.2 Å². The molecule has 0 aromatic heterocycles. The van der Waals surface area contributed by atoms with Crippen molar-refractivity contribution >= 4 is 38.5 Å². The van der Waals surface area contributed by atoms with Crippen molar-refractivity contribution in [2.75, 3.05) is 6.61 Å². The molecule has 0 radical (unpaired) electrons. The molecule has 0 amide bonds. The van der Waals surface area contributed by atoms with Gasteiger partial charge in [0, 0.05) is 20.7 Å². The zero-order valence-corrected chi connectivity index (χ0v) is 14.1. The van der Waals surface area contributed by atoms with Crippen molar-refractivity contribution in [3.05, 3.63) is 31.8 Å². The predicted molar refractivity (Wildman–Crippen MR) is 86.6 cm³/mol. The fourth-order valence-corrected chi connectivity index (χ4v) is 3.51. The van der Waals surface area contributed by atoms with Gasteiger partial charge in [-0.25, -0.2) is 0 Å². The Hall–Kier alpha value is 0.350. The summed E-state index contributed by atoms with van der Waals surface area (Å²) in [6.07, 6.45) is 6.27. The highest BCUT2D eigenvalue weighted by molar-refractivity contribution is 14.1. The molecule has 1 aromatic rings. The smallest absolute Gasteiger partial charge is 0.0576 e. The van der Waals surface area contributed by atoms with Crippen LogP contribution < -0.4 is 5.73 Å². The number of rotatable bonds is 5. The minimum absolute atomic E-state index is 0.135. The minimum Gasteiger partial charge on any atom is -0.378 e. The van der Waals surface area contributed by atoms with Crippen LogP contribution in [0.1, 0.15) is 43.7 Å². The van der Waals surface area contributed by atoms with E-state index in [1.807, 2.05) is 0 Å². The third-order valence-electron chi connectivity index (χ3n) is 3.42. The van der Waals surface area contributed by atoms with Crippen LogP contribution in [0.15, 0.2) is 22.7 Å². The molecule has 0 bridgehead atoms. The lowest BCUT2D eigenvalue weighted by Crippen LogP contribution is -2.13. The molecule has 0 spiro atoms. The largest absolute Gasteiger partial charge is 0.378 e. The predicted octanol–water partition coefficient (Wildman–Crippen LogP) is 4.40. The summed E-state index contributed by atoms with van der Waals surface area (Å²) in [5.74, 6) is 0. The summed E-state index contributed by atoms with van der Waals surface area (Å²) in [4.78, 5) is 0. The van der Waals surface area contributed by atoms with E-state index in [2.05, 4.69) is 56.7 Å². The standard InChI is InChI=1S/C14H19BrINO/c15-10-6-7-13(16)12(9-10)14(17)5-1-3-11-4-2-8-18-11/h6-7,9,11,14H,1-5,8,17H2. The van der Waals surface area contributed by atoms with Crippen LogP contribution in [0.25, 0.3) is 0 Å². The van der Waals surface area contributed by atoms with Gasteiger partial charge in [-0.2, -0.15) is 0 Å². The normalized spacial score (nSPS) is 21.2. The number of hydrogen-bond donors (Lipinski definition) is 1. The molecule has 0 aliphatic carbocycles. The first-order chi connectivity index (χ1) is 8.66.